The molecule has 0 amide bonds. The van der Waals surface area contributed by atoms with E-state index in [9.17, 15) is 0 Å². The molecule has 25 heavy (non-hydrogen) atoms. The molecule has 2 aliphatic rings. The van der Waals surface area contributed by atoms with Gasteiger partial charge in [0.15, 0.2) is 0 Å². The molecule has 5 heteroatoms. The van der Waals surface area contributed by atoms with Crippen LogP contribution in [0.5, 0.6) is 0 Å². The Morgan fingerprint density at radius 3 is 2.60 bits per heavy atom. The van der Waals surface area contributed by atoms with Crippen LogP contribution in [0, 0.1) is 11.8 Å². The summed E-state index contributed by atoms with van der Waals surface area (Å²) in [5.41, 5.74) is 3.45. The molecular weight excluding hydrogens is 310 g/mol. The molecule has 0 aromatic carbocycles. The van der Waals surface area contributed by atoms with Crippen LogP contribution < -0.4 is 5.32 Å². The zero-order chi connectivity index (χ0) is 17.2. The molecule has 2 aromatic rings. The summed E-state index contributed by atoms with van der Waals surface area (Å²) in [4.78, 5) is 9.26. The summed E-state index contributed by atoms with van der Waals surface area (Å²) in [6.45, 7) is 2.30. The number of aryl methyl sites for hydroxylation is 1. The molecule has 2 heterocycles. The van der Waals surface area contributed by atoms with Crippen LogP contribution in [0.25, 0.3) is 11.3 Å². The molecule has 0 saturated heterocycles. The Kier molecular flexibility index (Phi) is 4.73. The lowest BCUT2D eigenvalue weighted by atomic mass is 9.85. The van der Waals surface area contributed by atoms with Crippen molar-refractivity contribution in [3.8, 4) is 11.3 Å². The van der Waals surface area contributed by atoms with Crippen molar-refractivity contribution in [3.63, 3.8) is 0 Å². The Morgan fingerprint density at radius 1 is 1.12 bits per heavy atom. The van der Waals surface area contributed by atoms with E-state index in [4.69, 9.17) is 4.98 Å². The lowest BCUT2D eigenvalue weighted by Gasteiger charge is -2.28. The Morgan fingerprint density at radius 2 is 1.88 bits per heavy atom. The van der Waals surface area contributed by atoms with Gasteiger partial charge >= 0.3 is 0 Å². The predicted molar refractivity (Wildman–Crippen MR) is 100 cm³/mol. The molecular formula is C20H29N5. The van der Waals surface area contributed by atoms with Crippen LogP contribution in [-0.2, 0) is 13.5 Å². The number of hydrogen-bond acceptors (Lipinski definition) is 4. The van der Waals surface area contributed by atoms with Crippen molar-refractivity contribution >= 4 is 5.95 Å². The molecule has 0 bridgehead atoms. The average Bonchev–Trinajstić information content (AvgIpc) is 3.39. The van der Waals surface area contributed by atoms with Crippen molar-refractivity contribution in [3.05, 3.63) is 24.2 Å². The first-order valence-corrected chi connectivity index (χ1v) is 9.83. The van der Waals surface area contributed by atoms with Crippen molar-refractivity contribution in [1.82, 2.24) is 19.7 Å². The third kappa shape index (κ3) is 3.86. The first kappa shape index (κ1) is 16.6. The van der Waals surface area contributed by atoms with Gasteiger partial charge in [0.1, 0.15) is 0 Å². The second-order valence-electron chi connectivity index (χ2n) is 7.81. The lowest BCUT2D eigenvalue weighted by Crippen LogP contribution is -2.26. The third-order valence-corrected chi connectivity index (χ3v) is 5.93. The van der Waals surface area contributed by atoms with Crippen LogP contribution in [0.4, 0.5) is 5.95 Å². The van der Waals surface area contributed by atoms with E-state index in [-0.39, 0.29) is 0 Å². The molecule has 0 unspecified atom stereocenters. The molecule has 2 aliphatic carbocycles. The molecule has 134 valence electrons. The maximum absolute atomic E-state index is 4.80. The normalized spacial score (nSPS) is 23.6. The highest BCUT2D eigenvalue weighted by Crippen LogP contribution is 2.35. The van der Waals surface area contributed by atoms with Gasteiger partial charge in [-0.15, -0.1) is 0 Å². The molecule has 2 saturated carbocycles. The molecule has 2 aromatic heterocycles. The Bertz CT molecular complexity index is 711. The monoisotopic (exact) mass is 339 g/mol. The fourth-order valence-electron chi connectivity index (χ4n) is 3.99. The smallest absolute Gasteiger partial charge is 0.223 e. The largest absolute Gasteiger partial charge is 0.351 e. The third-order valence-electron chi connectivity index (χ3n) is 5.93. The molecule has 0 atom stereocenters. The van der Waals surface area contributed by atoms with Crippen LogP contribution in [0.3, 0.4) is 0 Å². The van der Waals surface area contributed by atoms with E-state index in [0.29, 0.717) is 6.04 Å². The van der Waals surface area contributed by atoms with Crippen molar-refractivity contribution in [2.75, 3.05) is 5.32 Å². The second kappa shape index (κ2) is 7.14. The minimum Gasteiger partial charge on any atom is -0.351 e. The number of hydrogen-bond donors (Lipinski definition) is 1. The fraction of sp³-hybridized carbons (Fsp3) is 0.650. The van der Waals surface area contributed by atoms with Crippen molar-refractivity contribution in [2.45, 2.75) is 64.3 Å². The molecule has 2 fully saturated rings. The average molecular weight is 339 g/mol. The molecule has 4 rings (SSSR count). The van der Waals surface area contributed by atoms with Crippen LogP contribution in [0.15, 0.2) is 18.5 Å². The van der Waals surface area contributed by atoms with Gasteiger partial charge in [-0.3, -0.25) is 4.68 Å². The van der Waals surface area contributed by atoms with Gasteiger partial charge in [-0.25, -0.2) is 9.97 Å². The van der Waals surface area contributed by atoms with Gasteiger partial charge in [0.2, 0.25) is 5.95 Å². The standard InChI is InChI=1S/C20H29N5/c1-3-14-6-8-16(9-7-14)23-20-21-11-10-18(24-20)17-13-22-25(2)19(17)12-15-4-5-15/h10-11,13-16H,3-9,12H2,1-2H3,(H,21,23,24)/t14-,16-. The fourth-order valence-corrected chi connectivity index (χ4v) is 3.99. The molecule has 1 N–H and O–H groups in total. The maximum Gasteiger partial charge on any atom is 0.223 e. The summed E-state index contributed by atoms with van der Waals surface area (Å²) >= 11 is 0. The molecule has 0 radical (unpaired) electrons. The van der Waals surface area contributed by atoms with Gasteiger partial charge in [-0.05, 0) is 62.8 Å². The molecule has 0 spiro atoms. The number of nitrogens with zero attached hydrogens (tertiary/aromatic N) is 4. The van der Waals surface area contributed by atoms with E-state index in [2.05, 4.69) is 22.3 Å². The van der Waals surface area contributed by atoms with E-state index in [1.54, 1.807) is 0 Å². The molecule has 5 nitrogen and oxygen atoms in total. The zero-order valence-electron chi connectivity index (χ0n) is 15.4. The van der Waals surface area contributed by atoms with Gasteiger partial charge in [0.05, 0.1) is 11.9 Å². The van der Waals surface area contributed by atoms with E-state index >= 15 is 0 Å². The summed E-state index contributed by atoms with van der Waals surface area (Å²) in [5.74, 6) is 2.51. The summed E-state index contributed by atoms with van der Waals surface area (Å²) < 4.78 is 2.01. The summed E-state index contributed by atoms with van der Waals surface area (Å²) in [7, 11) is 2.04. The minimum absolute atomic E-state index is 0.512. The Hall–Kier alpha value is -1.91. The van der Waals surface area contributed by atoms with Crippen LogP contribution in [0.2, 0.25) is 0 Å². The van der Waals surface area contributed by atoms with Crippen molar-refractivity contribution in [2.24, 2.45) is 18.9 Å². The first-order chi connectivity index (χ1) is 12.2. The quantitative estimate of drug-likeness (QED) is 0.856. The van der Waals surface area contributed by atoms with Gasteiger partial charge in [-0.2, -0.15) is 5.10 Å². The van der Waals surface area contributed by atoms with Crippen LogP contribution >= 0.6 is 0 Å². The minimum atomic E-state index is 0.512. The van der Waals surface area contributed by atoms with Crippen molar-refractivity contribution in [1.29, 1.82) is 0 Å². The van der Waals surface area contributed by atoms with Gasteiger partial charge in [-0.1, -0.05) is 13.3 Å². The Balaban J connectivity index is 1.48. The predicted octanol–water partition coefficient (Wildman–Crippen LogP) is 4.21. The highest BCUT2D eigenvalue weighted by molar-refractivity contribution is 5.62. The Labute approximate surface area is 150 Å². The van der Waals surface area contributed by atoms with Crippen LogP contribution in [-0.4, -0.2) is 25.8 Å². The highest BCUT2D eigenvalue weighted by Gasteiger charge is 2.25. The highest BCUT2D eigenvalue weighted by atomic mass is 15.3. The second-order valence-corrected chi connectivity index (χ2v) is 7.81. The molecule has 0 aliphatic heterocycles. The number of aromatic nitrogens is 4. The lowest BCUT2D eigenvalue weighted by molar-refractivity contribution is 0.329. The number of nitrogens with one attached hydrogen (secondary N) is 1. The van der Waals surface area contributed by atoms with E-state index in [1.807, 2.05) is 30.2 Å². The topological polar surface area (TPSA) is 55.6 Å². The first-order valence-electron chi connectivity index (χ1n) is 9.83. The van der Waals surface area contributed by atoms with E-state index < -0.39 is 0 Å². The maximum atomic E-state index is 4.80. The van der Waals surface area contributed by atoms with Gasteiger partial charge in [0, 0.05) is 30.5 Å². The number of anilines is 1. The summed E-state index contributed by atoms with van der Waals surface area (Å²) in [6.07, 6.45) is 14.0. The van der Waals surface area contributed by atoms with Crippen LogP contribution in [0.1, 0.15) is 57.6 Å². The van der Waals surface area contributed by atoms with E-state index in [0.717, 1.165) is 35.5 Å². The summed E-state index contributed by atoms with van der Waals surface area (Å²) in [6, 6.07) is 2.52. The van der Waals surface area contributed by atoms with Gasteiger partial charge < -0.3 is 5.32 Å². The zero-order valence-corrected chi connectivity index (χ0v) is 15.4. The number of rotatable bonds is 6. The SMILES string of the molecule is CC[C@H]1CC[C@H](Nc2nccc(-c3cnn(C)c3CC3CC3)n2)CC1. The summed E-state index contributed by atoms with van der Waals surface area (Å²) in [5, 5.41) is 8.04. The van der Waals surface area contributed by atoms with E-state index in [1.165, 1.54) is 50.6 Å². The van der Waals surface area contributed by atoms with Gasteiger partial charge in [0.25, 0.3) is 0 Å². The van der Waals surface area contributed by atoms with Crippen molar-refractivity contribution < 1.29 is 0 Å².